The Hall–Kier alpha value is -5.08. The van der Waals surface area contributed by atoms with Gasteiger partial charge in [-0.3, -0.25) is 19.2 Å². The van der Waals surface area contributed by atoms with E-state index < -0.39 is 99.7 Å². The van der Waals surface area contributed by atoms with Gasteiger partial charge in [0.25, 0.3) is 11.7 Å². The highest BCUT2D eigenvalue weighted by molar-refractivity contribution is 6.33. The fourth-order valence-corrected chi connectivity index (χ4v) is 7.20. The molecule has 13 nitrogen and oxygen atoms in total. The first-order chi connectivity index (χ1) is 25.8. The van der Waals surface area contributed by atoms with E-state index in [4.69, 9.17) is 14.2 Å². The van der Waals surface area contributed by atoms with Crippen molar-refractivity contribution in [1.82, 2.24) is 5.32 Å². The molecule has 6 N–H and O–H groups in total. The third-order valence-electron chi connectivity index (χ3n) is 11.0. The van der Waals surface area contributed by atoms with E-state index in [1.807, 2.05) is 6.92 Å². The first-order valence-corrected chi connectivity index (χ1v) is 18.2. The van der Waals surface area contributed by atoms with Crippen molar-refractivity contribution in [2.45, 2.75) is 85.6 Å². The van der Waals surface area contributed by atoms with Gasteiger partial charge in [-0.25, -0.2) is 0 Å². The van der Waals surface area contributed by atoms with Crippen LogP contribution in [0.2, 0.25) is 0 Å². The molecule has 3 heterocycles. The quantitative estimate of drug-likeness (QED) is 0.250. The van der Waals surface area contributed by atoms with Crippen molar-refractivity contribution >= 4 is 28.9 Å². The van der Waals surface area contributed by atoms with E-state index in [0.29, 0.717) is 5.69 Å². The maximum atomic E-state index is 14.6. The third-order valence-corrected chi connectivity index (χ3v) is 11.0. The number of hydrogen-bond acceptors (Lipinski definition) is 12. The van der Waals surface area contributed by atoms with Crippen LogP contribution in [-0.4, -0.2) is 81.0 Å². The minimum atomic E-state index is -2.06. The number of methoxy groups -OCH3 is 1. The Morgan fingerprint density at radius 3 is 2.07 bits per heavy atom. The van der Waals surface area contributed by atoms with Gasteiger partial charge in [-0.1, -0.05) is 63.6 Å². The number of aromatic hydroxyl groups is 1. The van der Waals surface area contributed by atoms with Gasteiger partial charge in [0.2, 0.25) is 11.6 Å². The number of phenols is 1. The lowest BCUT2D eigenvalue weighted by atomic mass is 9.78. The second-order valence-corrected chi connectivity index (χ2v) is 14.9. The second-order valence-electron chi connectivity index (χ2n) is 14.9. The summed E-state index contributed by atoms with van der Waals surface area (Å²) in [5.41, 5.74) is -0.492. The van der Waals surface area contributed by atoms with Crippen LogP contribution < -0.4 is 15.4 Å². The van der Waals surface area contributed by atoms with Gasteiger partial charge in [0, 0.05) is 54.5 Å². The minimum Gasteiger partial charge on any atom is -0.507 e. The summed E-state index contributed by atoms with van der Waals surface area (Å²) in [7, 11) is 1.42. The lowest BCUT2D eigenvalue weighted by Crippen LogP contribution is -2.45. The van der Waals surface area contributed by atoms with Crippen LogP contribution in [0.15, 0.2) is 71.8 Å². The predicted octanol–water partition coefficient (Wildman–Crippen LogP) is 4.81. The molecule has 13 heteroatoms. The summed E-state index contributed by atoms with van der Waals surface area (Å²) >= 11 is 0. The molecular weight excluding hydrogens is 708 g/mol. The van der Waals surface area contributed by atoms with Crippen LogP contribution in [0.5, 0.6) is 11.5 Å². The maximum absolute atomic E-state index is 14.6. The molecule has 0 spiro atoms. The average molecular weight is 759 g/mol. The topological polar surface area (TPSA) is 201 Å². The van der Waals surface area contributed by atoms with Crippen molar-refractivity contribution in [3.63, 3.8) is 0 Å². The highest BCUT2D eigenvalue weighted by Crippen LogP contribution is 2.48. The zero-order valence-corrected chi connectivity index (χ0v) is 32.5. The van der Waals surface area contributed by atoms with Gasteiger partial charge >= 0.3 is 5.79 Å². The summed E-state index contributed by atoms with van der Waals surface area (Å²) < 4.78 is 17.5. The smallest absolute Gasteiger partial charge is 0.312 e. The number of carbonyl (C=O) groups excluding carboxylic acids is 4. The Morgan fingerprint density at radius 2 is 1.44 bits per heavy atom. The third kappa shape index (κ3) is 7.62. The lowest BCUT2D eigenvalue weighted by molar-refractivity contribution is -0.116. The fraction of sp³-hybridized carbons (Fsp3) is 0.429. The molecule has 0 aromatic heterocycles. The Bertz CT molecular complexity index is 2010. The molecule has 5 bridgehead atoms. The summed E-state index contributed by atoms with van der Waals surface area (Å²) in [5, 5.41) is 50.7. The molecule has 0 unspecified atom stereocenters. The van der Waals surface area contributed by atoms with Crippen molar-refractivity contribution in [1.29, 1.82) is 0 Å². The molecular formula is C42H50N2O11. The first-order valence-electron chi connectivity index (χ1n) is 18.2. The summed E-state index contributed by atoms with van der Waals surface area (Å²) in [4.78, 5) is 56.8. The summed E-state index contributed by atoms with van der Waals surface area (Å²) in [5.74, 6) is -8.63. The molecule has 6 rings (SSSR count). The van der Waals surface area contributed by atoms with Gasteiger partial charge in [-0.2, -0.15) is 0 Å². The summed E-state index contributed by atoms with van der Waals surface area (Å²) in [6.45, 7) is 12.9. The van der Waals surface area contributed by atoms with Crippen molar-refractivity contribution < 1.29 is 53.8 Å². The standard InChI is InChI=1S/C42H50N2O11/c1-19-13-15-26(16-14-19)43-31-32-38(50)29-28(37(31)49)30-39(25(7)36(29)48)55-42(8,40(30)51)54-18-17-27(53-9)22(4)34(46)24(6)35(47)23(5)33(45)20(2)11-10-12-21(3)41(52)44-32/h10-18,20,22-24,27,33-35,43,45-48H,1-9H3,(H,44,52)/b11-10+,18-17+,21-12-/t20-,22+,23+,24+,27-,33-,34+,35-,42-/m0/s1. The van der Waals surface area contributed by atoms with Crippen molar-refractivity contribution in [3.8, 4) is 11.5 Å². The predicted molar refractivity (Wildman–Crippen MR) is 203 cm³/mol. The van der Waals surface area contributed by atoms with Gasteiger partial charge in [0.05, 0.1) is 47.4 Å². The Morgan fingerprint density at radius 1 is 0.818 bits per heavy atom. The number of hydrogen-bond donors (Lipinski definition) is 6. The molecule has 0 radical (unpaired) electrons. The van der Waals surface area contributed by atoms with Crippen LogP contribution in [0.4, 0.5) is 5.69 Å². The SMILES string of the molecule is CO[C@H]1/C=C/O[C@@]2(C)Oc3c(C)c(O)c4c(c3C2=O)C(=O)C(Nc2ccc(C)cc2)=C(NC(=O)/C(C)=C\C=C\[C@H](C)[C@H](O)[C@@H](C)[C@H](O)[C@H](C)[C@H](O)[C@@H]1C)C4=O. The number of fused-ring (bicyclic) bond motifs is 14. The molecule has 0 saturated carbocycles. The zero-order valence-electron chi connectivity index (χ0n) is 32.5. The number of benzene rings is 2. The summed E-state index contributed by atoms with van der Waals surface area (Å²) in [6.07, 6.45) is 3.28. The minimum absolute atomic E-state index is 0.00324. The molecule has 55 heavy (non-hydrogen) atoms. The molecule has 1 amide bonds. The van der Waals surface area contributed by atoms with Crippen LogP contribution in [0.25, 0.3) is 0 Å². The molecule has 0 fully saturated rings. The van der Waals surface area contributed by atoms with E-state index in [0.717, 1.165) is 5.56 Å². The van der Waals surface area contributed by atoms with Crippen LogP contribution in [0.1, 0.15) is 83.7 Å². The largest absolute Gasteiger partial charge is 0.507 e. The van der Waals surface area contributed by atoms with Gasteiger partial charge in [0.15, 0.2) is 0 Å². The van der Waals surface area contributed by atoms with E-state index in [9.17, 15) is 39.6 Å². The van der Waals surface area contributed by atoms with E-state index in [-0.39, 0.29) is 28.1 Å². The Labute approximate surface area is 320 Å². The van der Waals surface area contributed by atoms with Gasteiger partial charge in [-0.05, 0) is 39.0 Å². The van der Waals surface area contributed by atoms with Crippen molar-refractivity contribution in [2.75, 3.05) is 12.4 Å². The number of ketones is 3. The number of aryl methyl sites for hydroxylation is 1. The lowest BCUT2D eigenvalue weighted by Gasteiger charge is -2.36. The van der Waals surface area contributed by atoms with Crippen LogP contribution in [0, 0.1) is 37.5 Å². The van der Waals surface area contributed by atoms with Gasteiger partial charge in [-0.15, -0.1) is 0 Å². The number of Topliss-reactive ketones (excluding diaryl/α,β-unsaturated/α-hetero) is 3. The number of rotatable bonds is 3. The normalized spacial score (nSPS) is 32.6. The zero-order chi connectivity index (χ0) is 40.7. The Balaban J connectivity index is 1.67. The van der Waals surface area contributed by atoms with Crippen molar-refractivity contribution in [2.24, 2.45) is 23.7 Å². The number of allylic oxidation sites excluding steroid dienone is 4. The monoisotopic (exact) mass is 758 g/mol. The number of amides is 1. The highest BCUT2D eigenvalue weighted by atomic mass is 16.7. The molecule has 0 saturated heterocycles. The number of carbonyl (C=O) groups is 4. The highest BCUT2D eigenvalue weighted by Gasteiger charge is 2.52. The molecule has 2 aromatic rings. The van der Waals surface area contributed by atoms with Crippen LogP contribution in [-0.2, 0) is 14.3 Å². The van der Waals surface area contributed by atoms with E-state index in [1.54, 1.807) is 64.1 Å². The van der Waals surface area contributed by atoms with Crippen molar-refractivity contribution in [3.05, 3.63) is 99.6 Å². The molecule has 2 aromatic carbocycles. The molecule has 294 valence electrons. The number of phenolic OH excluding ortho intramolecular Hbond substituents is 1. The number of aliphatic hydroxyl groups is 3. The Kier molecular flexibility index (Phi) is 11.9. The number of ether oxygens (including phenoxy) is 3. The van der Waals surface area contributed by atoms with Crippen LogP contribution in [0.3, 0.4) is 0 Å². The molecule has 3 aliphatic heterocycles. The second kappa shape index (κ2) is 16.0. The molecule has 9 atom stereocenters. The van der Waals surface area contributed by atoms with Gasteiger partial charge < -0.3 is 45.3 Å². The molecule has 1 aliphatic carbocycles. The van der Waals surface area contributed by atoms with E-state index in [2.05, 4.69) is 10.6 Å². The fourth-order valence-electron chi connectivity index (χ4n) is 7.20. The van der Waals surface area contributed by atoms with Gasteiger partial charge in [0.1, 0.15) is 22.9 Å². The van der Waals surface area contributed by atoms with E-state index in [1.165, 1.54) is 46.3 Å². The number of anilines is 1. The average Bonchev–Trinajstić information content (AvgIpc) is 3.42. The van der Waals surface area contributed by atoms with E-state index >= 15 is 0 Å². The molecule has 4 aliphatic rings. The summed E-state index contributed by atoms with van der Waals surface area (Å²) in [6, 6.07) is 6.91. The number of aliphatic hydroxyl groups excluding tert-OH is 3. The van der Waals surface area contributed by atoms with Crippen LogP contribution >= 0.6 is 0 Å². The maximum Gasteiger partial charge on any atom is 0.312 e. The number of nitrogens with one attached hydrogen (secondary N) is 2. The first kappa shape index (κ1) is 41.1.